The van der Waals surface area contributed by atoms with Crippen LogP contribution in [0.4, 0.5) is 4.39 Å². The second kappa shape index (κ2) is 9.92. The van der Waals surface area contributed by atoms with Gasteiger partial charge in [-0.3, -0.25) is 19.5 Å². The van der Waals surface area contributed by atoms with Crippen molar-refractivity contribution in [3.8, 4) is 16.9 Å². The predicted molar refractivity (Wildman–Crippen MR) is 120 cm³/mol. The summed E-state index contributed by atoms with van der Waals surface area (Å²) in [6.45, 7) is 0.208. The Balaban J connectivity index is 1.44. The first kappa shape index (κ1) is 22.0. The van der Waals surface area contributed by atoms with Gasteiger partial charge < -0.3 is 4.74 Å². The summed E-state index contributed by atoms with van der Waals surface area (Å²) in [6, 6.07) is 15.4. The van der Waals surface area contributed by atoms with E-state index in [9.17, 15) is 14.0 Å². The number of hydrogen-bond acceptors (Lipinski definition) is 4. The van der Waals surface area contributed by atoms with Gasteiger partial charge in [-0.1, -0.05) is 35.9 Å². The largest absolute Gasteiger partial charge is 0.491 e. The number of aromatic nitrogens is 1. The third kappa shape index (κ3) is 5.14. The molecule has 164 valence electrons. The Morgan fingerprint density at radius 1 is 1.03 bits per heavy atom. The molecule has 0 bridgehead atoms. The summed E-state index contributed by atoms with van der Waals surface area (Å²) in [6.07, 6.45) is 5.26. The normalized spacial score (nSPS) is 14.6. The second-order valence-corrected chi connectivity index (χ2v) is 8.08. The first-order chi connectivity index (χ1) is 15.5. The van der Waals surface area contributed by atoms with Crippen molar-refractivity contribution in [3.05, 3.63) is 83.4 Å². The minimum atomic E-state index is -0.460. The standard InChI is InChI=1S/C25H22ClFN2O3/c26-22-14-19(6-10-23(22)27)18-4-8-21(9-5-18)32-16-20(29-24(30)11-12-25(29)31)7-3-17-2-1-13-28-15-17/h1-2,4-6,8-10,13-15,20H,3,7,11-12,16H2. The highest BCUT2D eigenvalue weighted by atomic mass is 35.5. The van der Waals surface area contributed by atoms with Crippen molar-refractivity contribution in [2.24, 2.45) is 0 Å². The number of likely N-dealkylation sites (tertiary alicyclic amines) is 1. The van der Waals surface area contributed by atoms with Crippen molar-refractivity contribution >= 4 is 23.4 Å². The number of imide groups is 1. The number of nitrogens with zero attached hydrogens (tertiary/aromatic N) is 2. The molecule has 2 heterocycles. The maximum atomic E-state index is 13.4. The molecule has 0 radical (unpaired) electrons. The summed E-state index contributed by atoms with van der Waals surface area (Å²) < 4.78 is 19.4. The van der Waals surface area contributed by atoms with E-state index in [-0.39, 0.29) is 42.3 Å². The van der Waals surface area contributed by atoms with Gasteiger partial charge in [0, 0.05) is 25.2 Å². The van der Waals surface area contributed by atoms with Gasteiger partial charge in [-0.05, 0) is 59.9 Å². The Kier molecular flexibility index (Phi) is 6.81. The number of amides is 2. The molecule has 1 aliphatic rings. The van der Waals surface area contributed by atoms with Crippen LogP contribution in [0.15, 0.2) is 67.0 Å². The summed E-state index contributed by atoms with van der Waals surface area (Å²) in [5.41, 5.74) is 2.71. The number of halogens is 2. The van der Waals surface area contributed by atoms with E-state index in [2.05, 4.69) is 4.98 Å². The van der Waals surface area contributed by atoms with Gasteiger partial charge in [-0.15, -0.1) is 0 Å². The van der Waals surface area contributed by atoms with Gasteiger partial charge in [0.15, 0.2) is 0 Å². The molecule has 0 saturated carbocycles. The summed E-state index contributed by atoms with van der Waals surface area (Å²) in [7, 11) is 0. The lowest BCUT2D eigenvalue weighted by molar-refractivity contribution is -0.142. The molecule has 2 amide bonds. The third-order valence-corrected chi connectivity index (χ3v) is 5.78. The molecule has 1 aliphatic heterocycles. The molecule has 5 nitrogen and oxygen atoms in total. The lowest BCUT2D eigenvalue weighted by Gasteiger charge is -2.26. The lowest BCUT2D eigenvalue weighted by Crippen LogP contribution is -2.43. The van der Waals surface area contributed by atoms with Crippen LogP contribution in [0, 0.1) is 5.82 Å². The smallest absolute Gasteiger partial charge is 0.230 e. The van der Waals surface area contributed by atoms with Crippen molar-refractivity contribution in [2.75, 3.05) is 6.61 Å². The van der Waals surface area contributed by atoms with Crippen molar-refractivity contribution in [2.45, 2.75) is 31.7 Å². The molecule has 7 heteroatoms. The van der Waals surface area contributed by atoms with E-state index in [0.717, 1.165) is 16.7 Å². The van der Waals surface area contributed by atoms with Crippen LogP contribution in [0.2, 0.25) is 5.02 Å². The van der Waals surface area contributed by atoms with Crippen LogP contribution < -0.4 is 4.74 Å². The summed E-state index contributed by atoms with van der Waals surface area (Å²) in [5, 5.41) is 0.0687. The number of pyridine rings is 1. The molecule has 1 saturated heterocycles. The van der Waals surface area contributed by atoms with Gasteiger partial charge >= 0.3 is 0 Å². The molecule has 1 fully saturated rings. The molecule has 1 aromatic heterocycles. The fourth-order valence-corrected chi connectivity index (χ4v) is 3.96. The molecule has 4 rings (SSSR count). The van der Waals surface area contributed by atoms with E-state index < -0.39 is 5.82 Å². The zero-order valence-corrected chi connectivity index (χ0v) is 18.1. The number of rotatable bonds is 8. The van der Waals surface area contributed by atoms with Crippen LogP contribution in [0.3, 0.4) is 0 Å². The minimum absolute atomic E-state index is 0.0687. The summed E-state index contributed by atoms with van der Waals surface area (Å²) in [4.78, 5) is 30.1. The maximum Gasteiger partial charge on any atom is 0.230 e. The fourth-order valence-electron chi connectivity index (χ4n) is 3.78. The zero-order valence-electron chi connectivity index (χ0n) is 17.3. The topological polar surface area (TPSA) is 59.5 Å². The highest BCUT2D eigenvalue weighted by Crippen LogP contribution is 2.27. The van der Waals surface area contributed by atoms with E-state index in [0.29, 0.717) is 18.6 Å². The molecule has 0 N–H and O–H groups in total. The molecule has 0 aliphatic carbocycles. The number of carbonyl (C=O) groups is 2. The number of benzene rings is 2. The highest BCUT2D eigenvalue weighted by molar-refractivity contribution is 6.31. The van der Waals surface area contributed by atoms with Crippen LogP contribution >= 0.6 is 11.6 Å². The fraction of sp³-hybridized carbons (Fsp3) is 0.240. The lowest BCUT2D eigenvalue weighted by atomic mass is 10.1. The van der Waals surface area contributed by atoms with E-state index >= 15 is 0 Å². The molecule has 1 unspecified atom stereocenters. The van der Waals surface area contributed by atoms with Gasteiger partial charge in [0.25, 0.3) is 0 Å². The van der Waals surface area contributed by atoms with Gasteiger partial charge in [-0.25, -0.2) is 4.39 Å². The van der Waals surface area contributed by atoms with Crippen molar-refractivity contribution in [1.29, 1.82) is 0 Å². The number of hydrogen-bond donors (Lipinski definition) is 0. The van der Waals surface area contributed by atoms with Crippen molar-refractivity contribution in [3.63, 3.8) is 0 Å². The van der Waals surface area contributed by atoms with Gasteiger partial charge in [0.05, 0.1) is 11.1 Å². The SMILES string of the molecule is O=C1CCC(=O)N1C(CCc1cccnc1)COc1ccc(-c2ccc(F)c(Cl)c2)cc1. The number of aryl methyl sites for hydroxylation is 1. The van der Waals surface area contributed by atoms with Crippen LogP contribution in [0.1, 0.15) is 24.8 Å². The third-order valence-electron chi connectivity index (χ3n) is 5.49. The molecular weight excluding hydrogens is 431 g/mol. The Morgan fingerprint density at radius 3 is 2.41 bits per heavy atom. The Labute approximate surface area is 190 Å². The summed E-state index contributed by atoms with van der Waals surface area (Å²) in [5.74, 6) is -0.150. The second-order valence-electron chi connectivity index (χ2n) is 7.68. The van der Waals surface area contributed by atoms with Crippen LogP contribution in [-0.2, 0) is 16.0 Å². The van der Waals surface area contributed by atoms with Crippen LogP contribution in [0.5, 0.6) is 5.75 Å². The molecule has 2 aromatic carbocycles. The Morgan fingerprint density at radius 2 is 1.75 bits per heavy atom. The van der Waals surface area contributed by atoms with Crippen molar-refractivity contribution in [1.82, 2.24) is 9.88 Å². The average molecular weight is 453 g/mol. The number of carbonyl (C=O) groups excluding carboxylic acids is 2. The van der Waals surface area contributed by atoms with E-state index in [1.165, 1.54) is 11.0 Å². The molecule has 1 atom stereocenters. The predicted octanol–water partition coefficient (Wildman–Crippen LogP) is 5.07. The first-order valence-corrected chi connectivity index (χ1v) is 10.8. The van der Waals surface area contributed by atoms with E-state index in [1.54, 1.807) is 36.7 Å². The summed E-state index contributed by atoms with van der Waals surface area (Å²) >= 11 is 5.88. The minimum Gasteiger partial charge on any atom is -0.491 e. The Hall–Kier alpha value is -3.25. The highest BCUT2D eigenvalue weighted by Gasteiger charge is 2.35. The van der Waals surface area contributed by atoms with Gasteiger partial charge in [0.1, 0.15) is 18.2 Å². The monoisotopic (exact) mass is 452 g/mol. The van der Waals surface area contributed by atoms with Crippen molar-refractivity contribution < 1.29 is 18.7 Å². The van der Waals surface area contributed by atoms with Gasteiger partial charge in [0.2, 0.25) is 11.8 Å². The quantitative estimate of drug-likeness (QED) is 0.448. The van der Waals surface area contributed by atoms with Gasteiger partial charge in [-0.2, -0.15) is 0 Å². The molecule has 32 heavy (non-hydrogen) atoms. The maximum absolute atomic E-state index is 13.4. The average Bonchev–Trinajstić information content (AvgIpc) is 3.15. The number of ether oxygens (including phenoxy) is 1. The molecule has 0 spiro atoms. The van der Waals surface area contributed by atoms with E-state index in [4.69, 9.17) is 16.3 Å². The van der Waals surface area contributed by atoms with Crippen LogP contribution in [0.25, 0.3) is 11.1 Å². The molecule has 3 aromatic rings. The van der Waals surface area contributed by atoms with E-state index in [1.807, 2.05) is 24.3 Å². The van der Waals surface area contributed by atoms with Crippen LogP contribution in [-0.4, -0.2) is 34.3 Å². The Bertz CT molecular complexity index is 1090. The zero-order chi connectivity index (χ0) is 22.5. The molecular formula is C25H22ClFN2O3. The first-order valence-electron chi connectivity index (χ1n) is 10.4.